The monoisotopic (exact) mass is 415 g/mol. The normalized spacial score (nSPS) is 19.9. The Kier molecular flexibility index (Phi) is 5.06. The lowest BCUT2D eigenvalue weighted by Crippen LogP contribution is -2.47. The van der Waals surface area contributed by atoms with Crippen LogP contribution in [0.25, 0.3) is 0 Å². The Balaban J connectivity index is 1.80. The van der Waals surface area contributed by atoms with Crippen LogP contribution in [0.5, 0.6) is 0 Å². The molecule has 0 amide bonds. The maximum Gasteiger partial charge on any atom is 0.504 e. The van der Waals surface area contributed by atoms with Gasteiger partial charge in [0, 0.05) is 27.1 Å². The topological polar surface area (TPSA) is 108 Å². The molecular formula is C16H24F3N7OSi. The van der Waals surface area contributed by atoms with Gasteiger partial charge in [-0.15, -0.1) is 13.2 Å². The Hall–Kier alpha value is -2.31. The molecule has 154 valence electrons. The Morgan fingerprint density at radius 3 is 2.64 bits per heavy atom. The molecule has 0 fully saturated rings. The van der Waals surface area contributed by atoms with Gasteiger partial charge in [-0.25, -0.2) is 4.99 Å². The van der Waals surface area contributed by atoms with Crippen LogP contribution in [0.4, 0.5) is 19.0 Å². The van der Waals surface area contributed by atoms with E-state index in [4.69, 9.17) is 16.2 Å². The van der Waals surface area contributed by atoms with E-state index < -0.39 is 20.2 Å². The first-order valence-corrected chi connectivity index (χ1v) is 12.4. The Labute approximate surface area is 161 Å². The molecule has 5 N–H and O–H groups in total. The van der Waals surface area contributed by atoms with Crippen molar-refractivity contribution >= 4 is 19.7 Å². The van der Waals surface area contributed by atoms with Crippen molar-refractivity contribution in [2.24, 2.45) is 16.5 Å². The number of aliphatic imine (C=N–C) groups is 1. The van der Waals surface area contributed by atoms with Crippen molar-refractivity contribution in [3.05, 3.63) is 35.8 Å². The summed E-state index contributed by atoms with van der Waals surface area (Å²) in [6.45, 7) is 7.67. The minimum absolute atomic E-state index is 0.0332. The number of anilines is 1. The number of amidine groups is 1. The number of alkyl halides is 3. The first-order chi connectivity index (χ1) is 12.9. The summed E-state index contributed by atoms with van der Waals surface area (Å²) in [4.78, 5) is 4.16. The number of rotatable bonds is 6. The molecular weight excluding hydrogens is 391 g/mol. The van der Waals surface area contributed by atoms with Crippen molar-refractivity contribution in [2.45, 2.75) is 44.5 Å². The molecule has 3 heterocycles. The van der Waals surface area contributed by atoms with E-state index in [1.807, 2.05) is 0 Å². The number of aromatic nitrogens is 3. The van der Waals surface area contributed by atoms with Crippen LogP contribution in [0.15, 0.2) is 29.6 Å². The third-order valence-electron chi connectivity index (χ3n) is 4.35. The molecule has 8 nitrogen and oxygen atoms in total. The van der Waals surface area contributed by atoms with Crippen molar-refractivity contribution < 1.29 is 17.9 Å². The zero-order valence-corrected chi connectivity index (χ0v) is 16.9. The molecule has 3 rings (SSSR count). The minimum Gasteiger partial charge on any atom is -0.383 e. The van der Waals surface area contributed by atoms with E-state index in [0.717, 1.165) is 18.4 Å². The van der Waals surface area contributed by atoms with Gasteiger partial charge in [0.05, 0.1) is 17.3 Å². The highest BCUT2D eigenvalue weighted by Gasteiger charge is 2.38. The van der Waals surface area contributed by atoms with Crippen molar-refractivity contribution in [1.82, 2.24) is 14.3 Å². The lowest BCUT2D eigenvalue weighted by atomic mass is 10.1. The number of halogens is 3. The third-order valence-corrected chi connectivity index (χ3v) is 6.06. The van der Waals surface area contributed by atoms with Crippen molar-refractivity contribution in [1.29, 1.82) is 0 Å². The fraction of sp³-hybridized carbons (Fsp3) is 0.500. The molecule has 1 unspecified atom stereocenters. The summed E-state index contributed by atoms with van der Waals surface area (Å²) < 4.78 is 45.9. The molecule has 28 heavy (non-hydrogen) atoms. The summed E-state index contributed by atoms with van der Waals surface area (Å²) in [5.41, 5.74) is 12.9. The highest BCUT2D eigenvalue weighted by Crippen LogP contribution is 2.32. The first kappa shape index (κ1) is 20.4. The van der Waals surface area contributed by atoms with E-state index in [1.165, 1.54) is 0 Å². The van der Waals surface area contributed by atoms with Crippen LogP contribution >= 0.6 is 0 Å². The average Bonchev–Trinajstić information content (AvgIpc) is 3.18. The summed E-state index contributed by atoms with van der Waals surface area (Å²) in [7, 11) is -1.21. The number of ether oxygens (including phenoxy) is 1. The van der Waals surface area contributed by atoms with Gasteiger partial charge in [0.25, 0.3) is 0 Å². The van der Waals surface area contributed by atoms with Gasteiger partial charge < -0.3 is 20.4 Å². The van der Waals surface area contributed by atoms with Crippen LogP contribution in [0.1, 0.15) is 11.1 Å². The predicted molar refractivity (Wildman–Crippen MR) is 102 cm³/mol. The van der Waals surface area contributed by atoms with Gasteiger partial charge in [-0.1, -0.05) is 19.6 Å². The number of hydrogen-bond donors (Lipinski definition) is 3. The number of nitrogens with one attached hydrogen (secondary N) is 1. The molecule has 0 spiro atoms. The zero-order chi connectivity index (χ0) is 20.7. The molecule has 1 aliphatic rings. The molecule has 1 atom stereocenters. The van der Waals surface area contributed by atoms with Gasteiger partial charge in [-0.2, -0.15) is 9.78 Å². The fourth-order valence-corrected chi connectivity index (χ4v) is 3.48. The smallest absolute Gasteiger partial charge is 0.383 e. The molecule has 1 aliphatic heterocycles. The van der Waals surface area contributed by atoms with Crippen LogP contribution < -0.4 is 16.8 Å². The highest BCUT2D eigenvalue weighted by atomic mass is 28.3. The second kappa shape index (κ2) is 6.94. The van der Waals surface area contributed by atoms with Gasteiger partial charge in [0.15, 0.2) is 0 Å². The molecule has 2 aromatic rings. The largest absolute Gasteiger partial charge is 0.504 e. The van der Waals surface area contributed by atoms with Crippen LogP contribution in [0.3, 0.4) is 0 Å². The van der Waals surface area contributed by atoms with Gasteiger partial charge >= 0.3 is 6.30 Å². The molecule has 0 aromatic carbocycles. The maximum atomic E-state index is 12.8. The van der Waals surface area contributed by atoms with E-state index in [9.17, 15) is 13.2 Å². The number of nitrogens with two attached hydrogens (primary N) is 2. The van der Waals surface area contributed by atoms with Gasteiger partial charge in [-0.3, -0.25) is 5.73 Å². The van der Waals surface area contributed by atoms with Crippen molar-refractivity contribution in [3.63, 3.8) is 0 Å². The zero-order valence-electron chi connectivity index (χ0n) is 15.9. The second-order valence-corrected chi connectivity index (χ2v) is 13.5. The average molecular weight is 415 g/mol. The van der Waals surface area contributed by atoms with E-state index in [2.05, 4.69) is 35.0 Å². The van der Waals surface area contributed by atoms with Crippen LogP contribution in [-0.4, -0.2) is 34.9 Å². The van der Waals surface area contributed by atoms with Crippen molar-refractivity contribution in [2.75, 3.05) is 11.9 Å². The summed E-state index contributed by atoms with van der Waals surface area (Å²) in [6.07, 6.45) is -1.08. The Morgan fingerprint density at radius 1 is 1.32 bits per heavy atom. The third kappa shape index (κ3) is 4.23. The van der Waals surface area contributed by atoms with E-state index >= 15 is 0 Å². The summed E-state index contributed by atoms with van der Waals surface area (Å²) in [5.74, 6) is -1.02. The van der Waals surface area contributed by atoms with Crippen LogP contribution in [0, 0.1) is 0 Å². The quantitative estimate of drug-likeness (QED) is 0.496. The maximum absolute atomic E-state index is 12.8. The Morgan fingerprint density at radius 2 is 2.04 bits per heavy atom. The van der Waals surface area contributed by atoms with E-state index in [-0.39, 0.29) is 22.8 Å². The standard InChI is InChI=1S/C16H24F3N7OSi/c1-28(2,3)7-6-27-10-25-5-4-12-13(20)23-15(21,24-14(12)25)11-8-22-26(9-11)16(17,18)19/h4-5,8-9,24H,6-7,10,21H2,1-3H3,(H2,20,23). The highest BCUT2D eigenvalue weighted by molar-refractivity contribution is 6.76. The first-order valence-electron chi connectivity index (χ1n) is 8.71. The molecule has 12 heteroatoms. The molecule has 0 saturated carbocycles. The van der Waals surface area contributed by atoms with Crippen LogP contribution in [0.2, 0.25) is 25.7 Å². The lowest BCUT2D eigenvalue weighted by Gasteiger charge is -2.31. The predicted octanol–water partition coefficient (Wildman–Crippen LogP) is 2.37. The van der Waals surface area contributed by atoms with Crippen molar-refractivity contribution in [3.8, 4) is 0 Å². The fourth-order valence-electron chi connectivity index (χ4n) is 2.72. The minimum atomic E-state index is -4.64. The van der Waals surface area contributed by atoms with Gasteiger partial charge in [0.2, 0.25) is 5.79 Å². The molecule has 0 radical (unpaired) electrons. The second-order valence-electron chi connectivity index (χ2n) is 7.93. The summed E-state index contributed by atoms with van der Waals surface area (Å²) in [5, 5.41) is 6.29. The molecule has 2 aromatic heterocycles. The number of hydrogen-bond acceptors (Lipinski definition) is 6. The van der Waals surface area contributed by atoms with E-state index in [0.29, 0.717) is 18.0 Å². The summed E-state index contributed by atoms with van der Waals surface area (Å²) >= 11 is 0. The van der Waals surface area contributed by atoms with Crippen LogP contribution in [-0.2, 0) is 23.6 Å². The Bertz CT molecular complexity index is 884. The van der Waals surface area contributed by atoms with Gasteiger partial charge in [0.1, 0.15) is 18.4 Å². The SMILES string of the molecule is C[Si](C)(C)CCOCn1ccc2c1NC(N)(c1cnn(C(F)(F)F)c1)N=C2N. The number of nitrogens with zero attached hydrogens (tertiary/aromatic N) is 4. The molecule has 0 saturated heterocycles. The molecule has 0 bridgehead atoms. The summed E-state index contributed by atoms with van der Waals surface area (Å²) in [6, 6.07) is 2.77. The molecule has 0 aliphatic carbocycles. The van der Waals surface area contributed by atoms with Gasteiger partial charge in [-0.05, 0) is 12.1 Å². The van der Waals surface area contributed by atoms with E-state index in [1.54, 1.807) is 16.8 Å². The number of fused-ring (bicyclic) bond motifs is 1. The lowest BCUT2D eigenvalue weighted by molar-refractivity contribution is -0.212.